The number of rotatable bonds is 14. The van der Waals surface area contributed by atoms with Gasteiger partial charge < -0.3 is 15.0 Å². The average Bonchev–Trinajstić information content (AvgIpc) is 3.07. The number of hydrogen-bond acceptors (Lipinski definition) is 5. The summed E-state index contributed by atoms with van der Waals surface area (Å²) < 4.78 is 34.7. The van der Waals surface area contributed by atoms with Crippen molar-refractivity contribution in [2.45, 2.75) is 57.1 Å². The minimum atomic E-state index is -4.24. The maximum absolute atomic E-state index is 14.6. The normalized spacial score (nSPS) is 12.6. The molecule has 4 aromatic carbocycles. The number of hydrogen-bond donors (Lipinski definition) is 1. The Labute approximate surface area is 287 Å². The van der Waals surface area contributed by atoms with Gasteiger partial charge in [-0.25, -0.2) is 8.42 Å². The first-order valence-electron chi connectivity index (χ1n) is 15.2. The molecular formula is C36H39Cl2N3O5S. The van der Waals surface area contributed by atoms with Crippen molar-refractivity contribution in [1.82, 2.24) is 10.2 Å². The number of carbonyl (C=O) groups excluding carboxylic acids is 2. The van der Waals surface area contributed by atoms with Crippen LogP contribution in [-0.4, -0.2) is 50.9 Å². The first-order chi connectivity index (χ1) is 22.4. The fraction of sp³-hybridized carbons (Fsp3) is 0.278. The number of amides is 2. The van der Waals surface area contributed by atoms with E-state index in [0.29, 0.717) is 33.5 Å². The van der Waals surface area contributed by atoms with E-state index in [1.807, 2.05) is 51.1 Å². The van der Waals surface area contributed by atoms with Crippen LogP contribution in [0.15, 0.2) is 102 Å². The lowest BCUT2D eigenvalue weighted by Crippen LogP contribution is -2.54. The van der Waals surface area contributed by atoms with Gasteiger partial charge in [0.2, 0.25) is 11.8 Å². The summed E-state index contributed by atoms with van der Waals surface area (Å²) in [6, 6.07) is 26.1. The van der Waals surface area contributed by atoms with Crippen molar-refractivity contribution >= 4 is 50.7 Å². The van der Waals surface area contributed by atoms with Crippen LogP contribution in [0, 0.1) is 6.92 Å². The summed E-state index contributed by atoms with van der Waals surface area (Å²) in [6.45, 7) is 5.15. The van der Waals surface area contributed by atoms with Crippen LogP contribution in [0.25, 0.3) is 0 Å². The van der Waals surface area contributed by atoms with Gasteiger partial charge in [-0.05, 0) is 79.9 Å². The molecule has 0 aliphatic carbocycles. The van der Waals surface area contributed by atoms with E-state index in [9.17, 15) is 18.0 Å². The van der Waals surface area contributed by atoms with Crippen LogP contribution in [0.5, 0.6) is 5.75 Å². The zero-order valence-electron chi connectivity index (χ0n) is 26.8. The quantitative estimate of drug-likeness (QED) is 0.152. The third-order valence-electron chi connectivity index (χ3n) is 7.86. The number of nitrogens with one attached hydrogen (secondary N) is 1. The van der Waals surface area contributed by atoms with Gasteiger partial charge in [0.1, 0.15) is 18.3 Å². The highest BCUT2D eigenvalue weighted by atomic mass is 35.5. The number of halogens is 2. The number of carbonyl (C=O) groups is 2. The summed E-state index contributed by atoms with van der Waals surface area (Å²) in [5.41, 5.74) is 2.69. The summed E-state index contributed by atoms with van der Waals surface area (Å²) >= 11 is 12.5. The molecule has 0 aromatic heterocycles. The molecule has 4 rings (SSSR count). The van der Waals surface area contributed by atoms with Gasteiger partial charge in [-0.15, -0.1) is 0 Å². The van der Waals surface area contributed by atoms with Crippen LogP contribution in [0.4, 0.5) is 5.69 Å². The highest BCUT2D eigenvalue weighted by Crippen LogP contribution is 2.28. The van der Waals surface area contributed by atoms with Crippen LogP contribution in [0.2, 0.25) is 10.0 Å². The van der Waals surface area contributed by atoms with Crippen LogP contribution >= 0.6 is 23.2 Å². The van der Waals surface area contributed by atoms with Gasteiger partial charge in [-0.2, -0.15) is 0 Å². The van der Waals surface area contributed by atoms with Gasteiger partial charge in [-0.1, -0.05) is 84.2 Å². The second kappa shape index (κ2) is 16.2. The molecule has 8 nitrogen and oxygen atoms in total. The fourth-order valence-electron chi connectivity index (χ4n) is 4.94. The Hall–Kier alpha value is -4.05. The minimum Gasteiger partial charge on any atom is -0.497 e. The first kappa shape index (κ1) is 35.8. The number of ether oxygens (including phenoxy) is 1. The summed E-state index contributed by atoms with van der Waals surface area (Å²) in [5, 5.41) is 3.67. The molecule has 0 fully saturated rings. The minimum absolute atomic E-state index is 0.0157. The van der Waals surface area contributed by atoms with E-state index in [1.54, 1.807) is 54.6 Å². The molecule has 2 atom stereocenters. The molecule has 248 valence electrons. The Bertz CT molecular complexity index is 1770. The van der Waals surface area contributed by atoms with E-state index in [0.717, 1.165) is 15.4 Å². The molecule has 1 N–H and O–H groups in total. The Balaban J connectivity index is 1.82. The number of anilines is 1. The molecule has 0 bridgehead atoms. The van der Waals surface area contributed by atoms with Crippen LogP contribution in [-0.2, 0) is 32.6 Å². The smallest absolute Gasteiger partial charge is 0.264 e. The summed E-state index contributed by atoms with van der Waals surface area (Å²) in [4.78, 5) is 29.9. The fourth-order valence-corrected chi connectivity index (χ4v) is 6.68. The molecule has 0 radical (unpaired) electrons. The Morgan fingerprint density at radius 1 is 0.872 bits per heavy atom. The Morgan fingerprint density at radius 2 is 1.53 bits per heavy atom. The third-order valence-corrected chi connectivity index (χ3v) is 10.4. The predicted octanol–water partition coefficient (Wildman–Crippen LogP) is 7.06. The summed E-state index contributed by atoms with van der Waals surface area (Å²) in [5.74, 6) is -0.434. The lowest BCUT2D eigenvalue weighted by molar-refractivity contribution is -0.140. The maximum atomic E-state index is 14.6. The van der Waals surface area contributed by atoms with Gasteiger partial charge in [0.15, 0.2) is 0 Å². The maximum Gasteiger partial charge on any atom is 0.264 e. The molecule has 47 heavy (non-hydrogen) atoms. The van der Waals surface area contributed by atoms with Crippen LogP contribution in [0.3, 0.4) is 0 Å². The molecule has 11 heteroatoms. The van der Waals surface area contributed by atoms with Crippen molar-refractivity contribution in [3.05, 3.63) is 124 Å². The Morgan fingerprint density at radius 3 is 2.13 bits per heavy atom. The van der Waals surface area contributed by atoms with Crippen molar-refractivity contribution < 1.29 is 22.7 Å². The molecule has 4 aromatic rings. The van der Waals surface area contributed by atoms with Crippen molar-refractivity contribution in [2.24, 2.45) is 0 Å². The van der Waals surface area contributed by atoms with E-state index in [1.165, 1.54) is 24.1 Å². The zero-order valence-corrected chi connectivity index (χ0v) is 29.1. The molecule has 2 amide bonds. The molecule has 0 spiro atoms. The zero-order chi connectivity index (χ0) is 34.1. The van der Waals surface area contributed by atoms with E-state index in [4.69, 9.17) is 27.9 Å². The summed E-state index contributed by atoms with van der Waals surface area (Å²) in [7, 11) is -2.75. The number of methoxy groups -OCH3 is 1. The molecule has 0 aliphatic rings. The van der Waals surface area contributed by atoms with Crippen LogP contribution < -0.4 is 14.4 Å². The van der Waals surface area contributed by atoms with Gasteiger partial charge in [0, 0.05) is 19.0 Å². The van der Waals surface area contributed by atoms with E-state index in [-0.39, 0.29) is 29.8 Å². The lowest BCUT2D eigenvalue weighted by atomic mass is 10.0. The van der Waals surface area contributed by atoms with E-state index < -0.39 is 28.5 Å². The SMILES string of the molecule is CC[C@@H](C)NC(=O)[C@H](Cc1ccccc1)N(Cc1ccc(Cl)c(Cl)c1)C(=O)CN(c1ccc(C)cc1)S(=O)(=O)c1ccc(OC)cc1. The van der Waals surface area contributed by atoms with Crippen LogP contribution in [0.1, 0.15) is 37.0 Å². The molecule has 0 saturated heterocycles. The molecule has 0 unspecified atom stereocenters. The van der Waals surface area contributed by atoms with Crippen molar-refractivity contribution in [3.8, 4) is 5.75 Å². The Kier molecular flexibility index (Phi) is 12.3. The van der Waals surface area contributed by atoms with Gasteiger partial charge in [0.05, 0.1) is 27.7 Å². The highest BCUT2D eigenvalue weighted by molar-refractivity contribution is 7.92. The second-order valence-electron chi connectivity index (χ2n) is 11.3. The number of benzene rings is 4. The molecule has 0 aliphatic heterocycles. The molecule has 0 heterocycles. The standard InChI is InChI=1S/C36H39Cl2N3O5S/c1-5-26(3)39-36(43)34(22-27-9-7-6-8-10-27)40(23-28-13-20-32(37)33(38)21-28)35(42)24-41(29-14-11-25(2)12-15-29)47(44,45)31-18-16-30(46-4)17-19-31/h6-21,26,34H,5,22-24H2,1-4H3,(H,39,43)/t26-,34+/m1/s1. The average molecular weight is 697 g/mol. The number of aryl methyl sites for hydroxylation is 1. The first-order valence-corrected chi connectivity index (χ1v) is 17.4. The van der Waals surface area contributed by atoms with E-state index >= 15 is 0 Å². The number of nitrogens with zero attached hydrogens (tertiary/aromatic N) is 2. The van der Waals surface area contributed by atoms with E-state index in [2.05, 4.69) is 5.32 Å². The lowest BCUT2D eigenvalue weighted by Gasteiger charge is -2.34. The largest absolute Gasteiger partial charge is 0.497 e. The van der Waals surface area contributed by atoms with Crippen molar-refractivity contribution in [1.29, 1.82) is 0 Å². The monoisotopic (exact) mass is 695 g/mol. The van der Waals surface area contributed by atoms with Gasteiger partial charge in [0.25, 0.3) is 10.0 Å². The van der Waals surface area contributed by atoms with Gasteiger partial charge in [-0.3, -0.25) is 13.9 Å². The highest BCUT2D eigenvalue weighted by Gasteiger charge is 2.35. The summed E-state index contributed by atoms with van der Waals surface area (Å²) in [6.07, 6.45) is 0.887. The topological polar surface area (TPSA) is 96.0 Å². The molecular weight excluding hydrogens is 657 g/mol. The third kappa shape index (κ3) is 9.28. The van der Waals surface area contributed by atoms with Crippen molar-refractivity contribution in [3.63, 3.8) is 0 Å². The second-order valence-corrected chi connectivity index (χ2v) is 14.0. The van der Waals surface area contributed by atoms with Gasteiger partial charge >= 0.3 is 0 Å². The predicted molar refractivity (Wildman–Crippen MR) is 188 cm³/mol. The molecule has 0 saturated carbocycles. The van der Waals surface area contributed by atoms with Crippen molar-refractivity contribution in [2.75, 3.05) is 18.0 Å². The number of sulfonamides is 1.